The van der Waals surface area contributed by atoms with Crippen LogP contribution in [0.5, 0.6) is 0 Å². The minimum Gasteiger partial charge on any atom is -0.351 e. The molecule has 0 radical (unpaired) electrons. The molecule has 2 aromatic rings. The van der Waals surface area contributed by atoms with Crippen molar-refractivity contribution in [3.63, 3.8) is 0 Å². The number of carbonyl (C=O) groups is 1. The molecule has 1 N–H and O–H groups in total. The Kier molecular flexibility index (Phi) is 6.75. The zero-order valence-electron chi connectivity index (χ0n) is 13.7. The third kappa shape index (κ3) is 5.94. The zero-order chi connectivity index (χ0) is 17.5. The molecule has 0 bridgehead atoms. The van der Waals surface area contributed by atoms with E-state index in [-0.39, 0.29) is 16.6 Å². The number of rotatable bonds is 7. The molecular formula is C18H20F2N2OS. The molecule has 0 aromatic heterocycles. The standard InChI is InChI=1S/C18H20F2N2OS/c1-22(2)11-14-5-3-13(4-6-14)10-21-18(23)12-24-17-9-15(19)7-8-16(17)20/h3-9H,10-12H2,1-2H3,(H,21,23). The third-order valence-electron chi connectivity index (χ3n) is 3.26. The Morgan fingerprint density at radius 1 is 1.08 bits per heavy atom. The molecule has 0 aliphatic rings. The monoisotopic (exact) mass is 350 g/mol. The van der Waals surface area contributed by atoms with Crippen LogP contribution in [-0.4, -0.2) is 30.7 Å². The van der Waals surface area contributed by atoms with Gasteiger partial charge in [-0.15, -0.1) is 11.8 Å². The van der Waals surface area contributed by atoms with Crippen LogP contribution < -0.4 is 5.32 Å². The van der Waals surface area contributed by atoms with Gasteiger partial charge in [0, 0.05) is 18.0 Å². The van der Waals surface area contributed by atoms with Crippen LogP contribution in [-0.2, 0) is 17.9 Å². The van der Waals surface area contributed by atoms with Crippen LogP contribution in [0.25, 0.3) is 0 Å². The molecule has 3 nitrogen and oxygen atoms in total. The summed E-state index contributed by atoms with van der Waals surface area (Å²) in [5.41, 5.74) is 2.19. The molecule has 0 saturated carbocycles. The minimum absolute atomic E-state index is 0.0408. The lowest BCUT2D eigenvalue weighted by atomic mass is 10.1. The molecule has 2 rings (SSSR count). The van der Waals surface area contributed by atoms with Gasteiger partial charge in [0.25, 0.3) is 0 Å². The Labute approximate surface area is 145 Å². The maximum absolute atomic E-state index is 13.5. The van der Waals surface area contributed by atoms with Crippen molar-refractivity contribution in [2.75, 3.05) is 19.8 Å². The van der Waals surface area contributed by atoms with Crippen LogP contribution in [0.2, 0.25) is 0 Å². The van der Waals surface area contributed by atoms with E-state index in [1.807, 2.05) is 38.4 Å². The summed E-state index contributed by atoms with van der Waals surface area (Å²) in [6.07, 6.45) is 0. The fraction of sp³-hybridized carbons (Fsp3) is 0.278. The number of amides is 1. The number of nitrogens with zero attached hydrogens (tertiary/aromatic N) is 1. The van der Waals surface area contributed by atoms with Crippen molar-refractivity contribution in [3.8, 4) is 0 Å². The number of nitrogens with one attached hydrogen (secondary N) is 1. The molecule has 0 spiro atoms. The van der Waals surface area contributed by atoms with Gasteiger partial charge in [-0.25, -0.2) is 8.78 Å². The first-order valence-corrected chi connectivity index (χ1v) is 8.49. The highest BCUT2D eigenvalue weighted by Gasteiger charge is 2.08. The van der Waals surface area contributed by atoms with Gasteiger partial charge in [0.05, 0.1) is 5.75 Å². The molecule has 0 fully saturated rings. The van der Waals surface area contributed by atoms with E-state index >= 15 is 0 Å². The topological polar surface area (TPSA) is 32.3 Å². The zero-order valence-corrected chi connectivity index (χ0v) is 14.5. The summed E-state index contributed by atoms with van der Waals surface area (Å²) >= 11 is 0.981. The van der Waals surface area contributed by atoms with Crippen molar-refractivity contribution >= 4 is 17.7 Å². The Hall–Kier alpha value is -1.92. The Morgan fingerprint density at radius 3 is 2.42 bits per heavy atom. The summed E-state index contributed by atoms with van der Waals surface area (Å²) in [5, 5.41) is 2.78. The van der Waals surface area contributed by atoms with Crippen LogP contribution >= 0.6 is 11.8 Å². The van der Waals surface area contributed by atoms with E-state index in [1.165, 1.54) is 5.56 Å². The molecular weight excluding hydrogens is 330 g/mol. The van der Waals surface area contributed by atoms with Crippen LogP contribution in [0.15, 0.2) is 47.4 Å². The predicted octanol–water partition coefficient (Wildman–Crippen LogP) is 3.43. The van der Waals surface area contributed by atoms with Gasteiger partial charge >= 0.3 is 0 Å². The van der Waals surface area contributed by atoms with Crippen LogP contribution in [0.3, 0.4) is 0 Å². The summed E-state index contributed by atoms with van der Waals surface area (Å²) < 4.78 is 26.5. The van der Waals surface area contributed by atoms with Crippen molar-refractivity contribution in [3.05, 3.63) is 65.2 Å². The van der Waals surface area contributed by atoms with Gasteiger partial charge in [-0.3, -0.25) is 4.79 Å². The molecule has 128 valence electrons. The summed E-state index contributed by atoms with van der Waals surface area (Å²) in [5.74, 6) is -1.22. The predicted molar refractivity (Wildman–Crippen MR) is 92.8 cm³/mol. The average molecular weight is 350 g/mol. The molecule has 24 heavy (non-hydrogen) atoms. The van der Waals surface area contributed by atoms with E-state index in [9.17, 15) is 13.6 Å². The lowest BCUT2D eigenvalue weighted by Gasteiger charge is -2.10. The number of hydrogen-bond donors (Lipinski definition) is 1. The normalized spacial score (nSPS) is 10.9. The quantitative estimate of drug-likeness (QED) is 0.777. The molecule has 1 amide bonds. The fourth-order valence-corrected chi connectivity index (χ4v) is 2.90. The summed E-state index contributed by atoms with van der Waals surface area (Å²) in [7, 11) is 4.01. The summed E-state index contributed by atoms with van der Waals surface area (Å²) in [6, 6.07) is 11.2. The number of thioether (sulfide) groups is 1. The molecule has 0 saturated heterocycles. The van der Waals surface area contributed by atoms with Crippen LogP contribution in [0, 0.1) is 11.6 Å². The van der Waals surface area contributed by atoms with Crippen LogP contribution in [0.1, 0.15) is 11.1 Å². The number of benzene rings is 2. The van der Waals surface area contributed by atoms with Gasteiger partial charge < -0.3 is 10.2 Å². The average Bonchev–Trinajstić information content (AvgIpc) is 2.54. The fourth-order valence-electron chi connectivity index (χ4n) is 2.11. The van der Waals surface area contributed by atoms with Gasteiger partial charge in [0.1, 0.15) is 11.6 Å². The van der Waals surface area contributed by atoms with Crippen molar-refractivity contribution in [1.29, 1.82) is 0 Å². The lowest BCUT2D eigenvalue weighted by molar-refractivity contribution is -0.118. The molecule has 0 atom stereocenters. The minimum atomic E-state index is -0.523. The van der Waals surface area contributed by atoms with Crippen molar-refractivity contribution in [2.24, 2.45) is 0 Å². The highest BCUT2D eigenvalue weighted by atomic mass is 32.2. The van der Waals surface area contributed by atoms with E-state index in [0.29, 0.717) is 6.54 Å². The van der Waals surface area contributed by atoms with E-state index in [2.05, 4.69) is 10.2 Å². The molecule has 2 aromatic carbocycles. The third-order valence-corrected chi connectivity index (χ3v) is 4.29. The number of halogens is 2. The highest BCUT2D eigenvalue weighted by Crippen LogP contribution is 2.22. The lowest BCUT2D eigenvalue weighted by Crippen LogP contribution is -2.24. The molecule has 0 heterocycles. The Bertz CT molecular complexity index is 690. The van der Waals surface area contributed by atoms with Gasteiger partial charge in [-0.1, -0.05) is 24.3 Å². The number of carbonyl (C=O) groups excluding carboxylic acids is 1. The first-order valence-electron chi connectivity index (χ1n) is 7.51. The highest BCUT2D eigenvalue weighted by molar-refractivity contribution is 8.00. The first-order chi connectivity index (χ1) is 11.4. The van der Waals surface area contributed by atoms with Gasteiger partial charge in [-0.2, -0.15) is 0 Å². The smallest absolute Gasteiger partial charge is 0.230 e. The summed E-state index contributed by atoms with van der Waals surface area (Å²) in [6.45, 7) is 1.27. The van der Waals surface area contributed by atoms with E-state index in [0.717, 1.165) is 42.1 Å². The molecule has 0 aliphatic carbocycles. The second-order valence-electron chi connectivity index (χ2n) is 5.69. The van der Waals surface area contributed by atoms with Gasteiger partial charge in [0.15, 0.2) is 0 Å². The Balaban J connectivity index is 1.79. The van der Waals surface area contributed by atoms with E-state index in [1.54, 1.807) is 0 Å². The second kappa shape index (κ2) is 8.80. The van der Waals surface area contributed by atoms with E-state index < -0.39 is 11.6 Å². The molecule has 6 heteroatoms. The van der Waals surface area contributed by atoms with Gasteiger partial charge in [0.2, 0.25) is 5.91 Å². The maximum Gasteiger partial charge on any atom is 0.230 e. The maximum atomic E-state index is 13.5. The second-order valence-corrected chi connectivity index (χ2v) is 6.71. The van der Waals surface area contributed by atoms with Crippen molar-refractivity contribution in [1.82, 2.24) is 10.2 Å². The van der Waals surface area contributed by atoms with Gasteiger partial charge in [-0.05, 0) is 43.4 Å². The SMILES string of the molecule is CN(C)Cc1ccc(CNC(=O)CSc2cc(F)ccc2F)cc1. The summed E-state index contributed by atoms with van der Waals surface area (Å²) in [4.78, 5) is 14.1. The Morgan fingerprint density at radius 2 is 1.75 bits per heavy atom. The number of hydrogen-bond acceptors (Lipinski definition) is 3. The van der Waals surface area contributed by atoms with Crippen molar-refractivity contribution in [2.45, 2.75) is 18.0 Å². The largest absolute Gasteiger partial charge is 0.351 e. The molecule has 0 unspecified atom stereocenters. The van der Waals surface area contributed by atoms with E-state index in [4.69, 9.17) is 0 Å². The molecule has 0 aliphatic heterocycles. The van der Waals surface area contributed by atoms with Crippen molar-refractivity contribution < 1.29 is 13.6 Å². The first kappa shape index (κ1) is 18.4. The van der Waals surface area contributed by atoms with Crippen LogP contribution in [0.4, 0.5) is 8.78 Å².